The van der Waals surface area contributed by atoms with Gasteiger partial charge in [-0.3, -0.25) is 0 Å². The van der Waals surface area contributed by atoms with Crippen LogP contribution < -0.4 is 0 Å². The Morgan fingerprint density at radius 1 is 1.46 bits per heavy atom. The highest BCUT2D eigenvalue weighted by atomic mass is 28.3. The molecule has 74 valence electrons. The second kappa shape index (κ2) is 4.59. The summed E-state index contributed by atoms with van der Waals surface area (Å²) < 4.78 is 5.19. The van der Waals surface area contributed by atoms with E-state index in [9.17, 15) is 4.79 Å². The van der Waals surface area contributed by atoms with Crippen LogP contribution in [-0.2, 0) is 9.53 Å². The highest BCUT2D eigenvalue weighted by Gasteiger charge is 2.20. The van der Waals surface area contributed by atoms with Crippen LogP contribution in [0.25, 0.3) is 0 Å². The molecule has 0 aliphatic heterocycles. The molecule has 1 atom stereocenters. The van der Waals surface area contributed by atoms with Gasteiger partial charge in [-0.25, -0.2) is 0 Å². The van der Waals surface area contributed by atoms with Crippen LogP contribution in [0.1, 0.15) is 13.3 Å². The minimum absolute atomic E-state index is 0.334. The summed E-state index contributed by atoms with van der Waals surface area (Å²) in [6.45, 7) is 8.33. The molecule has 0 amide bonds. The van der Waals surface area contributed by atoms with Gasteiger partial charge in [-0.2, -0.15) is 0 Å². The molecule has 13 heavy (non-hydrogen) atoms. The summed E-state index contributed by atoms with van der Waals surface area (Å²) in [5.41, 5.74) is 2.61. The van der Waals surface area contributed by atoms with Crippen molar-refractivity contribution >= 4 is 14.4 Å². The molecule has 0 radical (unpaired) electrons. The first-order valence-corrected chi connectivity index (χ1v) is 7.86. The number of hydrogen-bond donors (Lipinski definition) is 0. The second-order valence-electron chi connectivity index (χ2n) is 4.31. The molecular weight excluding hydrogens is 180 g/mol. The Hall–Kier alpha value is -0.593. The van der Waals surface area contributed by atoms with Gasteiger partial charge in [0.25, 0.3) is 0 Å². The van der Waals surface area contributed by atoms with Gasteiger partial charge in [0.05, 0.1) is 0 Å². The molecule has 0 spiro atoms. The Kier molecular flexibility index (Phi) is 4.38. The zero-order valence-corrected chi connectivity index (χ0v) is 10.1. The maximum absolute atomic E-state index is 10.4. The van der Waals surface area contributed by atoms with E-state index in [4.69, 9.17) is 4.74 Å². The fourth-order valence-electron chi connectivity index (χ4n) is 0.664. The molecule has 1 unspecified atom stereocenters. The van der Waals surface area contributed by atoms with Gasteiger partial charge in [-0.1, -0.05) is 25.6 Å². The molecule has 0 aromatic rings. The SMILES string of the molecule is COC(C)(C#C[Si](C)(C)C)CC=O. The van der Waals surface area contributed by atoms with E-state index in [1.807, 2.05) is 6.92 Å². The molecule has 0 aromatic heterocycles. The largest absolute Gasteiger partial charge is 0.365 e. The van der Waals surface area contributed by atoms with Crippen LogP contribution in [0.5, 0.6) is 0 Å². The summed E-state index contributed by atoms with van der Waals surface area (Å²) in [4.78, 5) is 10.4. The lowest BCUT2D eigenvalue weighted by molar-refractivity contribution is -0.111. The summed E-state index contributed by atoms with van der Waals surface area (Å²) >= 11 is 0. The van der Waals surface area contributed by atoms with Crippen molar-refractivity contribution in [3.05, 3.63) is 0 Å². The average molecular weight is 198 g/mol. The maximum Gasteiger partial charge on any atom is 0.131 e. The van der Waals surface area contributed by atoms with Crippen molar-refractivity contribution in [3.8, 4) is 11.5 Å². The van der Waals surface area contributed by atoms with E-state index in [1.165, 1.54) is 0 Å². The third kappa shape index (κ3) is 5.62. The van der Waals surface area contributed by atoms with Gasteiger partial charge >= 0.3 is 0 Å². The van der Waals surface area contributed by atoms with Crippen LogP contribution in [0.3, 0.4) is 0 Å². The topological polar surface area (TPSA) is 26.3 Å². The van der Waals surface area contributed by atoms with Crippen molar-refractivity contribution in [2.45, 2.75) is 38.6 Å². The van der Waals surface area contributed by atoms with E-state index in [-0.39, 0.29) is 0 Å². The molecule has 0 saturated heterocycles. The molecule has 0 rings (SSSR count). The fraction of sp³-hybridized carbons (Fsp3) is 0.700. The van der Waals surface area contributed by atoms with Crippen molar-refractivity contribution in [1.82, 2.24) is 0 Å². The molecule has 2 nitrogen and oxygen atoms in total. The zero-order chi connectivity index (χ0) is 10.5. The minimum Gasteiger partial charge on any atom is -0.365 e. The van der Waals surface area contributed by atoms with E-state index >= 15 is 0 Å². The van der Waals surface area contributed by atoms with Gasteiger partial charge in [0, 0.05) is 13.5 Å². The molecule has 0 aliphatic carbocycles. The summed E-state index contributed by atoms with van der Waals surface area (Å²) in [6.07, 6.45) is 1.18. The lowest BCUT2D eigenvalue weighted by Crippen LogP contribution is -2.27. The highest BCUT2D eigenvalue weighted by molar-refractivity contribution is 6.83. The number of ether oxygens (including phenoxy) is 1. The first-order valence-electron chi connectivity index (χ1n) is 4.36. The average Bonchev–Trinajstić information content (AvgIpc) is 2.01. The lowest BCUT2D eigenvalue weighted by atomic mass is 10.1. The van der Waals surface area contributed by atoms with Crippen LogP contribution in [0.4, 0.5) is 0 Å². The number of aldehydes is 1. The van der Waals surface area contributed by atoms with Gasteiger partial charge in [-0.15, -0.1) is 5.54 Å². The Balaban J connectivity index is 4.57. The Bertz CT molecular complexity index is 232. The van der Waals surface area contributed by atoms with E-state index in [0.717, 1.165) is 6.29 Å². The molecule has 0 fully saturated rings. The number of rotatable bonds is 3. The van der Waals surface area contributed by atoms with Crippen LogP contribution in [0.15, 0.2) is 0 Å². The van der Waals surface area contributed by atoms with E-state index in [0.29, 0.717) is 6.42 Å². The molecule has 0 bridgehead atoms. The second-order valence-corrected chi connectivity index (χ2v) is 9.06. The normalized spacial score (nSPS) is 15.5. The highest BCUT2D eigenvalue weighted by Crippen LogP contribution is 2.11. The van der Waals surface area contributed by atoms with E-state index in [1.54, 1.807) is 7.11 Å². The van der Waals surface area contributed by atoms with Crippen molar-refractivity contribution < 1.29 is 9.53 Å². The van der Waals surface area contributed by atoms with Crippen molar-refractivity contribution in [3.63, 3.8) is 0 Å². The fourth-order valence-corrected chi connectivity index (χ4v) is 1.30. The summed E-state index contributed by atoms with van der Waals surface area (Å²) in [5, 5.41) is 0. The van der Waals surface area contributed by atoms with Gasteiger partial charge in [-0.05, 0) is 6.92 Å². The zero-order valence-electron chi connectivity index (χ0n) is 9.10. The van der Waals surface area contributed by atoms with Gasteiger partial charge in [0.15, 0.2) is 0 Å². The predicted octanol–water partition coefficient (Wildman–Crippen LogP) is 1.86. The van der Waals surface area contributed by atoms with Crippen molar-refractivity contribution in [2.24, 2.45) is 0 Å². The maximum atomic E-state index is 10.4. The van der Waals surface area contributed by atoms with Gasteiger partial charge < -0.3 is 9.53 Å². The molecular formula is C10H18O2Si. The molecule has 0 aliphatic rings. The Morgan fingerprint density at radius 2 is 2.00 bits per heavy atom. The predicted molar refractivity (Wildman–Crippen MR) is 57.2 cm³/mol. The molecule has 0 N–H and O–H groups in total. The first-order chi connectivity index (χ1) is 5.83. The quantitative estimate of drug-likeness (QED) is 0.393. The van der Waals surface area contributed by atoms with Crippen LogP contribution >= 0.6 is 0 Å². The van der Waals surface area contributed by atoms with E-state index < -0.39 is 13.7 Å². The standard InChI is InChI=1S/C10H18O2Si/c1-10(12-2,6-8-11)7-9-13(3,4)5/h8H,6H2,1-5H3. The Morgan fingerprint density at radius 3 is 2.31 bits per heavy atom. The summed E-state index contributed by atoms with van der Waals surface area (Å²) in [6, 6.07) is 0. The van der Waals surface area contributed by atoms with Crippen molar-refractivity contribution in [1.29, 1.82) is 0 Å². The van der Waals surface area contributed by atoms with Gasteiger partial charge in [0.2, 0.25) is 0 Å². The molecule has 0 heterocycles. The molecule has 0 saturated carbocycles. The number of hydrogen-bond acceptors (Lipinski definition) is 2. The number of methoxy groups -OCH3 is 1. The first kappa shape index (κ1) is 12.4. The van der Waals surface area contributed by atoms with Crippen LogP contribution in [-0.4, -0.2) is 27.1 Å². The Labute approximate surface area is 81.7 Å². The number of carbonyl (C=O) groups excluding carboxylic acids is 1. The molecule has 3 heteroatoms. The third-order valence-corrected chi connectivity index (χ3v) is 2.50. The van der Waals surface area contributed by atoms with E-state index in [2.05, 4.69) is 31.1 Å². The third-order valence-electron chi connectivity index (χ3n) is 1.63. The van der Waals surface area contributed by atoms with Crippen LogP contribution in [0, 0.1) is 11.5 Å². The monoisotopic (exact) mass is 198 g/mol. The summed E-state index contributed by atoms with van der Waals surface area (Å²) in [5.74, 6) is 3.04. The minimum atomic E-state index is -1.37. The van der Waals surface area contributed by atoms with Crippen LogP contribution in [0.2, 0.25) is 19.6 Å². The van der Waals surface area contributed by atoms with Crippen molar-refractivity contribution in [2.75, 3.05) is 7.11 Å². The van der Waals surface area contributed by atoms with Gasteiger partial charge in [0.1, 0.15) is 20.0 Å². The molecule has 0 aromatic carbocycles. The smallest absolute Gasteiger partial charge is 0.131 e. The summed E-state index contributed by atoms with van der Waals surface area (Å²) in [7, 11) is 0.216. The lowest BCUT2D eigenvalue weighted by Gasteiger charge is -2.19. The number of carbonyl (C=O) groups is 1.